The van der Waals surface area contributed by atoms with Gasteiger partial charge in [0.1, 0.15) is 0 Å². The number of rotatable bonds is 0. The van der Waals surface area contributed by atoms with Gasteiger partial charge in [0, 0.05) is 6.54 Å². The zero-order chi connectivity index (χ0) is 8.48. The van der Waals surface area contributed by atoms with Crippen molar-refractivity contribution in [2.45, 2.75) is 33.4 Å². The quantitative estimate of drug-likeness (QED) is 0.568. The second-order valence-electron chi connectivity index (χ2n) is 4.56. The maximum Gasteiger partial charge on any atom is 0.0644 e. The maximum atomic E-state index is 3.53. The minimum Gasteiger partial charge on any atom is -0.301 e. The SMILES string of the molecule is CN1CCCNC1C(C)(C)C. The molecule has 1 unspecified atom stereocenters. The van der Waals surface area contributed by atoms with E-state index >= 15 is 0 Å². The molecule has 0 aromatic heterocycles. The highest BCUT2D eigenvalue weighted by atomic mass is 15.3. The fourth-order valence-corrected chi connectivity index (χ4v) is 1.82. The average Bonchev–Trinajstić information content (AvgIpc) is 1.86. The average molecular weight is 156 g/mol. The fraction of sp³-hybridized carbons (Fsp3) is 1.00. The Morgan fingerprint density at radius 3 is 2.36 bits per heavy atom. The highest BCUT2D eigenvalue weighted by Gasteiger charge is 2.29. The molecule has 1 fully saturated rings. The van der Waals surface area contributed by atoms with Gasteiger partial charge >= 0.3 is 0 Å². The molecule has 1 aliphatic rings. The number of nitrogens with zero attached hydrogens (tertiary/aromatic N) is 1. The van der Waals surface area contributed by atoms with E-state index in [1.807, 2.05) is 0 Å². The van der Waals surface area contributed by atoms with Crippen LogP contribution in [0.15, 0.2) is 0 Å². The van der Waals surface area contributed by atoms with Crippen molar-refractivity contribution in [1.82, 2.24) is 10.2 Å². The van der Waals surface area contributed by atoms with Crippen LogP contribution < -0.4 is 5.32 Å². The van der Waals surface area contributed by atoms with Crippen LogP contribution in [0.5, 0.6) is 0 Å². The van der Waals surface area contributed by atoms with Crippen molar-refractivity contribution in [3.8, 4) is 0 Å². The molecular weight excluding hydrogens is 136 g/mol. The topological polar surface area (TPSA) is 15.3 Å². The summed E-state index contributed by atoms with van der Waals surface area (Å²) in [6.07, 6.45) is 1.83. The summed E-state index contributed by atoms with van der Waals surface area (Å²) in [5.41, 5.74) is 0.356. The first-order valence-corrected chi connectivity index (χ1v) is 4.45. The van der Waals surface area contributed by atoms with Crippen molar-refractivity contribution in [2.24, 2.45) is 5.41 Å². The molecule has 0 amide bonds. The summed E-state index contributed by atoms with van der Waals surface area (Å²) in [7, 11) is 2.20. The van der Waals surface area contributed by atoms with Crippen LogP contribution in [0.25, 0.3) is 0 Å². The summed E-state index contributed by atoms with van der Waals surface area (Å²) < 4.78 is 0. The van der Waals surface area contributed by atoms with Crippen molar-refractivity contribution in [1.29, 1.82) is 0 Å². The Hall–Kier alpha value is -0.0800. The van der Waals surface area contributed by atoms with Crippen molar-refractivity contribution in [3.05, 3.63) is 0 Å². The van der Waals surface area contributed by atoms with Crippen LogP contribution in [0.4, 0.5) is 0 Å². The zero-order valence-electron chi connectivity index (χ0n) is 8.15. The Balaban J connectivity index is 2.55. The second-order valence-corrected chi connectivity index (χ2v) is 4.56. The summed E-state index contributed by atoms with van der Waals surface area (Å²) in [4.78, 5) is 2.41. The smallest absolute Gasteiger partial charge is 0.0644 e. The number of hydrogen-bond donors (Lipinski definition) is 1. The lowest BCUT2D eigenvalue weighted by Gasteiger charge is -2.41. The van der Waals surface area contributed by atoms with E-state index in [-0.39, 0.29) is 0 Å². The van der Waals surface area contributed by atoms with E-state index in [1.165, 1.54) is 19.5 Å². The first-order valence-electron chi connectivity index (χ1n) is 4.45. The third-order valence-electron chi connectivity index (χ3n) is 2.29. The van der Waals surface area contributed by atoms with Crippen LogP contribution in [0.2, 0.25) is 0 Å². The monoisotopic (exact) mass is 156 g/mol. The predicted molar refractivity (Wildman–Crippen MR) is 48.5 cm³/mol. The highest BCUT2D eigenvalue weighted by molar-refractivity contribution is 4.82. The van der Waals surface area contributed by atoms with Crippen LogP contribution in [-0.2, 0) is 0 Å². The van der Waals surface area contributed by atoms with Crippen molar-refractivity contribution < 1.29 is 0 Å². The van der Waals surface area contributed by atoms with Gasteiger partial charge < -0.3 is 5.32 Å². The van der Waals surface area contributed by atoms with E-state index in [4.69, 9.17) is 0 Å². The molecule has 0 bridgehead atoms. The molecule has 0 radical (unpaired) electrons. The van der Waals surface area contributed by atoms with Gasteiger partial charge in [-0.1, -0.05) is 20.8 Å². The second kappa shape index (κ2) is 3.11. The van der Waals surface area contributed by atoms with Gasteiger partial charge in [0.15, 0.2) is 0 Å². The Bertz CT molecular complexity index is 126. The molecule has 0 aromatic carbocycles. The zero-order valence-corrected chi connectivity index (χ0v) is 8.15. The lowest BCUT2D eigenvalue weighted by atomic mass is 9.90. The molecule has 2 heteroatoms. The lowest BCUT2D eigenvalue weighted by molar-refractivity contribution is 0.0698. The fourth-order valence-electron chi connectivity index (χ4n) is 1.82. The Kier molecular flexibility index (Phi) is 2.55. The summed E-state index contributed by atoms with van der Waals surface area (Å²) in [6, 6.07) is 0. The Morgan fingerprint density at radius 1 is 1.36 bits per heavy atom. The van der Waals surface area contributed by atoms with Crippen molar-refractivity contribution in [3.63, 3.8) is 0 Å². The van der Waals surface area contributed by atoms with E-state index in [0.717, 1.165) is 0 Å². The summed E-state index contributed by atoms with van der Waals surface area (Å²) in [6.45, 7) is 9.26. The minimum absolute atomic E-state index is 0.356. The molecule has 0 spiro atoms. The molecule has 1 saturated heterocycles. The predicted octanol–water partition coefficient (Wildman–Crippen LogP) is 1.28. The van der Waals surface area contributed by atoms with Crippen LogP contribution in [0, 0.1) is 5.41 Å². The van der Waals surface area contributed by atoms with Gasteiger partial charge in [-0.2, -0.15) is 0 Å². The first-order chi connectivity index (χ1) is 5.02. The summed E-state index contributed by atoms with van der Waals surface area (Å²) in [5, 5.41) is 3.53. The van der Waals surface area contributed by atoms with Crippen LogP contribution >= 0.6 is 0 Å². The van der Waals surface area contributed by atoms with Gasteiger partial charge in [0.2, 0.25) is 0 Å². The molecule has 11 heavy (non-hydrogen) atoms. The maximum absolute atomic E-state index is 3.53. The molecule has 2 nitrogen and oxygen atoms in total. The largest absolute Gasteiger partial charge is 0.301 e. The van der Waals surface area contributed by atoms with E-state index in [9.17, 15) is 0 Å². The number of hydrogen-bond acceptors (Lipinski definition) is 2. The normalized spacial score (nSPS) is 28.9. The van der Waals surface area contributed by atoms with Crippen LogP contribution in [0.3, 0.4) is 0 Å². The molecule has 0 aliphatic carbocycles. The molecular formula is C9H20N2. The van der Waals surface area contributed by atoms with E-state index in [2.05, 4.69) is 38.0 Å². The van der Waals surface area contributed by atoms with Gasteiger partial charge in [-0.25, -0.2) is 0 Å². The summed E-state index contributed by atoms with van der Waals surface area (Å²) >= 11 is 0. The van der Waals surface area contributed by atoms with Gasteiger partial charge in [-0.05, 0) is 25.4 Å². The third-order valence-corrected chi connectivity index (χ3v) is 2.29. The van der Waals surface area contributed by atoms with Crippen LogP contribution in [-0.4, -0.2) is 31.2 Å². The standard InChI is InChI=1S/C9H20N2/c1-9(2,3)8-10-6-5-7-11(8)4/h8,10H,5-7H2,1-4H3. The van der Waals surface area contributed by atoms with Gasteiger partial charge in [-0.3, -0.25) is 4.90 Å². The molecule has 0 saturated carbocycles. The molecule has 1 aliphatic heterocycles. The lowest BCUT2D eigenvalue weighted by Crippen LogP contribution is -2.55. The molecule has 1 atom stereocenters. The Labute approximate surface area is 70.0 Å². The van der Waals surface area contributed by atoms with Gasteiger partial charge in [0.05, 0.1) is 6.17 Å². The van der Waals surface area contributed by atoms with E-state index in [0.29, 0.717) is 11.6 Å². The molecule has 1 rings (SSSR count). The number of nitrogens with one attached hydrogen (secondary N) is 1. The first kappa shape index (κ1) is 9.01. The molecule has 1 N–H and O–H groups in total. The van der Waals surface area contributed by atoms with E-state index < -0.39 is 0 Å². The van der Waals surface area contributed by atoms with Gasteiger partial charge in [-0.15, -0.1) is 0 Å². The molecule has 66 valence electrons. The highest BCUT2D eigenvalue weighted by Crippen LogP contribution is 2.23. The van der Waals surface area contributed by atoms with Crippen molar-refractivity contribution >= 4 is 0 Å². The summed E-state index contributed by atoms with van der Waals surface area (Å²) in [5.74, 6) is 0. The minimum atomic E-state index is 0.356. The van der Waals surface area contributed by atoms with Crippen LogP contribution in [0.1, 0.15) is 27.2 Å². The van der Waals surface area contributed by atoms with Gasteiger partial charge in [0.25, 0.3) is 0 Å². The third kappa shape index (κ3) is 2.17. The molecule has 0 aromatic rings. The van der Waals surface area contributed by atoms with E-state index in [1.54, 1.807) is 0 Å². The molecule has 1 heterocycles. The Morgan fingerprint density at radius 2 is 2.00 bits per heavy atom. The van der Waals surface area contributed by atoms with Crippen molar-refractivity contribution in [2.75, 3.05) is 20.1 Å².